The van der Waals surface area contributed by atoms with Crippen molar-refractivity contribution in [1.82, 2.24) is 9.88 Å². The predicted molar refractivity (Wildman–Crippen MR) is 93.2 cm³/mol. The minimum Gasteiger partial charge on any atom is -0.481 e. The van der Waals surface area contributed by atoms with E-state index in [4.69, 9.17) is 4.74 Å². The van der Waals surface area contributed by atoms with E-state index < -0.39 is 0 Å². The number of carbonyl (C=O) groups excluding carboxylic acids is 1. The van der Waals surface area contributed by atoms with Crippen molar-refractivity contribution in [1.29, 1.82) is 0 Å². The van der Waals surface area contributed by atoms with Crippen LogP contribution in [0, 0.1) is 5.41 Å². The molecule has 3 rings (SSSR count). The summed E-state index contributed by atoms with van der Waals surface area (Å²) < 4.78 is 5.36. The number of fused-ring (bicyclic) bond motifs is 1. The molecule has 1 aliphatic rings. The first-order chi connectivity index (χ1) is 11.6. The highest BCUT2D eigenvalue weighted by Crippen LogP contribution is 2.35. The van der Waals surface area contributed by atoms with Crippen LogP contribution in [0.15, 0.2) is 30.3 Å². The average Bonchev–Trinajstić information content (AvgIpc) is 2.66. The summed E-state index contributed by atoms with van der Waals surface area (Å²) in [6.45, 7) is 3.60. The van der Waals surface area contributed by atoms with Crippen LogP contribution >= 0.6 is 0 Å². The highest BCUT2D eigenvalue weighted by Gasteiger charge is 2.34. The molecule has 0 aliphatic carbocycles. The van der Waals surface area contributed by atoms with Crippen molar-refractivity contribution < 1.29 is 14.6 Å². The molecule has 2 aromatic rings. The minimum absolute atomic E-state index is 0.0364. The van der Waals surface area contributed by atoms with E-state index in [1.807, 2.05) is 35.2 Å². The van der Waals surface area contributed by atoms with Crippen molar-refractivity contribution in [3.8, 4) is 5.88 Å². The summed E-state index contributed by atoms with van der Waals surface area (Å²) in [7, 11) is 1.57. The lowest BCUT2D eigenvalue weighted by atomic mass is 9.77. The molecular formula is C19H24N2O3. The number of ether oxygens (including phenoxy) is 1. The van der Waals surface area contributed by atoms with Gasteiger partial charge in [-0.15, -0.1) is 0 Å². The van der Waals surface area contributed by atoms with Gasteiger partial charge in [-0.1, -0.05) is 25.1 Å². The fourth-order valence-electron chi connectivity index (χ4n) is 3.40. The van der Waals surface area contributed by atoms with Crippen molar-refractivity contribution in [2.75, 3.05) is 26.8 Å². The van der Waals surface area contributed by atoms with Gasteiger partial charge in [0.25, 0.3) is 5.91 Å². The molecule has 2 heterocycles. The Morgan fingerprint density at radius 1 is 1.33 bits per heavy atom. The van der Waals surface area contributed by atoms with Crippen LogP contribution in [0.2, 0.25) is 0 Å². The number of pyridine rings is 1. The summed E-state index contributed by atoms with van der Waals surface area (Å²) >= 11 is 0. The Kier molecular flexibility index (Phi) is 4.71. The van der Waals surface area contributed by atoms with E-state index in [1.165, 1.54) is 0 Å². The number of carbonyl (C=O) groups is 1. The molecule has 1 aliphatic heterocycles. The van der Waals surface area contributed by atoms with Gasteiger partial charge in [0.15, 0.2) is 0 Å². The summed E-state index contributed by atoms with van der Waals surface area (Å²) in [5.41, 5.74) is 0.379. The molecule has 0 bridgehead atoms. The molecule has 1 saturated heterocycles. The van der Waals surface area contributed by atoms with Gasteiger partial charge in [-0.25, -0.2) is 4.98 Å². The Hall–Kier alpha value is -2.14. The van der Waals surface area contributed by atoms with Crippen LogP contribution < -0.4 is 4.74 Å². The second-order valence-corrected chi connectivity index (χ2v) is 6.54. The van der Waals surface area contributed by atoms with Gasteiger partial charge in [0.2, 0.25) is 5.88 Å². The molecule has 5 heteroatoms. The normalized spacial score (nSPS) is 17.0. The van der Waals surface area contributed by atoms with Gasteiger partial charge in [0.1, 0.15) is 5.69 Å². The second kappa shape index (κ2) is 6.77. The third-order valence-corrected chi connectivity index (χ3v) is 5.31. The maximum atomic E-state index is 12.8. The summed E-state index contributed by atoms with van der Waals surface area (Å²) in [5.74, 6) is 0.411. The Labute approximate surface area is 142 Å². The smallest absolute Gasteiger partial charge is 0.272 e. The fourth-order valence-corrected chi connectivity index (χ4v) is 3.40. The maximum absolute atomic E-state index is 12.8. The number of aliphatic hydroxyl groups excluding tert-OH is 1. The molecule has 1 amide bonds. The van der Waals surface area contributed by atoms with E-state index in [2.05, 4.69) is 11.9 Å². The molecule has 5 nitrogen and oxygen atoms in total. The fraction of sp³-hybridized carbons (Fsp3) is 0.474. The number of nitrogens with zero attached hydrogens (tertiary/aromatic N) is 2. The average molecular weight is 328 g/mol. The minimum atomic E-state index is -0.0679. The lowest BCUT2D eigenvalue weighted by molar-refractivity contribution is 0.0334. The number of hydrogen-bond acceptors (Lipinski definition) is 4. The van der Waals surface area contributed by atoms with Crippen molar-refractivity contribution >= 4 is 16.7 Å². The van der Waals surface area contributed by atoms with Gasteiger partial charge in [0.05, 0.1) is 7.11 Å². The lowest BCUT2D eigenvalue weighted by Gasteiger charge is -2.40. The van der Waals surface area contributed by atoms with Crippen LogP contribution in [0.1, 0.15) is 36.7 Å². The number of hydrogen-bond donors (Lipinski definition) is 1. The molecule has 0 saturated carbocycles. The molecule has 1 fully saturated rings. The zero-order valence-electron chi connectivity index (χ0n) is 14.3. The number of methoxy groups -OCH3 is 1. The summed E-state index contributed by atoms with van der Waals surface area (Å²) in [6.07, 6.45) is 2.60. The second-order valence-electron chi connectivity index (χ2n) is 6.54. The van der Waals surface area contributed by atoms with E-state index in [-0.39, 0.29) is 17.9 Å². The quantitative estimate of drug-likeness (QED) is 0.937. The van der Waals surface area contributed by atoms with E-state index in [0.29, 0.717) is 24.7 Å². The molecule has 1 N–H and O–H groups in total. The molecule has 0 atom stereocenters. The highest BCUT2D eigenvalue weighted by molar-refractivity contribution is 5.98. The van der Waals surface area contributed by atoms with Crippen LogP contribution in [0.25, 0.3) is 10.8 Å². The Morgan fingerprint density at radius 3 is 2.67 bits per heavy atom. The van der Waals surface area contributed by atoms with E-state index in [1.54, 1.807) is 7.11 Å². The molecule has 0 radical (unpaired) electrons. The molecule has 1 aromatic heterocycles. The Bertz CT molecular complexity index is 730. The van der Waals surface area contributed by atoms with Crippen molar-refractivity contribution in [3.05, 3.63) is 36.0 Å². The van der Waals surface area contributed by atoms with Gasteiger partial charge >= 0.3 is 0 Å². The van der Waals surface area contributed by atoms with Gasteiger partial charge in [-0.2, -0.15) is 0 Å². The molecule has 0 spiro atoms. The van der Waals surface area contributed by atoms with Crippen molar-refractivity contribution in [2.24, 2.45) is 5.41 Å². The zero-order valence-corrected chi connectivity index (χ0v) is 14.3. The molecule has 1 aromatic carbocycles. The first-order valence-corrected chi connectivity index (χ1v) is 8.46. The molecule has 0 unspecified atom stereocenters. The largest absolute Gasteiger partial charge is 0.481 e. The number of aromatic nitrogens is 1. The van der Waals surface area contributed by atoms with Gasteiger partial charge in [-0.3, -0.25) is 4.79 Å². The summed E-state index contributed by atoms with van der Waals surface area (Å²) in [5, 5.41) is 11.5. The predicted octanol–water partition coefficient (Wildman–Crippen LogP) is 2.87. The SMILES string of the molecule is CCC1(CO)CCN(C(=O)c2cc3ccccc3c(OC)n2)CC1. The number of piperidine rings is 1. The maximum Gasteiger partial charge on any atom is 0.272 e. The highest BCUT2D eigenvalue weighted by atomic mass is 16.5. The molecule has 24 heavy (non-hydrogen) atoms. The summed E-state index contributed by atoms with van der Waals surface area (Å²) in [4.78, 5) is 19.1. The van der Waals surface area contributed by atoms with E-state index in [0.717, 1.165) is 30.0 Å². The topological polar surface area (TPSA) is 62.7 Å². The van der Waals surface area contributed by atoms with E-state index in [9.17, 15) is 9.90 Å². The Morgan fingerprint density at radius 2 is 2.04 bits per heavy atom. The molecule has 128 valence electrons. The van der Waals surface area contributed by atoms with Gasteiger partial charge < -0.3 is 14.7 Å². The van der Waals surface area contributed by atoms with Crippen LogP contribution in [0.4, 0.5) is 0 Å². The number of benzene rings is 1. The van der Waals surface area contributed by atoms with Crippen LogP contribution in [0.3, 0.4) is 0 Å². The monoisotopic (exact) mass is 328 g/mol. The third kappa shape index (κ3) is 2.96. The van der Waals surface area contributed by atoms with Crippen LogP contribution in [-0.4, -0.2) is 47.7 Å². The molecular weight excluding hydrogens is 304 g/mol. The number of rotatable bonds is 4. The number of aliphatic hydroxyl groups is 1. The first-order valence-electron chi connectivity index (χ1n) is 8.46. The van der Waals surface area contributed by atoms with Crippen LogP contribution in [0.5, 0.6) is 5.88 Å². The van der Waals surface area contributed by atoms with Gasteiger partial charge in [-0.05, 0) is 42.2 Å². The lowest BCUT2D eigenvalue weighted by Crippen LogP contribution is -2.44. The van der Waals surface area contributed by atoms with Crippen LogP contribution in [-0.2, 0) is 0 Å². The Balaban J connectivity index is 1.85. The standard InChI is InChI=1S/C19H24N2O3/c1-3-19(13-22)8-10-21(11-9-19)18(23)16-12-14-6-4-5-7-15(14)17(20-16)24-2/h4-7,12,22H,3,8-11,13H2,1-2H3. The zero-order chi connectivity index (χ0) is 17.2. The first kappa shape index (κ1) is 16.7. The van der Waals surface area contributed by atoms with Crippen molar-refractivity contribution in [3.63, 3.8) is 0 Å². The van der Waals surface area contributed by atoms with Gasteiger partial charge in [0, 0.05) is 25.1 Å². The number of likely N-dealkylation sites (tertiary alicyclic amines) is 1. The summed E-state index contributed by atoms with van der Waals surface area (Å²) in [6, 6.07) is 9.59. The third-order valence-electron chi connectivity index (χ3n) is 5.31. The van der Waals surface area contributed by atoms with E-state index >= 15 is 0 Å². The van der Waals surface area contributed by atoms with Crippen molar-refractivity contribution in [2.45, 2.75) is 26.2 Å². The number of amides is 1.